The van der Waals surface area contributed by atoms with Crippen LogP contribution in [0.1, 0.15) is 48.5 Å². The number of allylic oxidation sites excluding steroid dienone is 6. The Kier molecular flexibility index (Phi) is 11.8. The van der Waals surface area contributed by atoms with Gasteiger partial charge in [-0.15, -0.1) is 0 Å². The standard InChI is InChI=1S/C23H33N3O6/c1-14(27)20(15(2)28)8-24-11-23(7,12-25-9-21(16(3)29)17(4)30)13-26-10-22(18(5)31)19(6)32/h8-10,27,29,31H,11-13H2,1-7H3. The van der Waals surface area contributed by atoms with E-state index in [0.29, 0.717) is 0 Å². The highest BCUT2D eigenvalue weighted by Crippen LogP contribution is 2.19. The number of rotatable bonds is 12. The van der Waals surface area contributed by atoms with E-state index in [9.17, 15) is 29.7 Å². The van der Waals surface area contributed by atoms with E-state index in [1.807, 2.05) is 6.92 Å². The van der Waals surface area contributed by atoms with Gasteiger partial charge in [-0.1, -0.05) is 6.92 Å². The Morgan fingerprint density at radius 3 is 0.969 bits per heavy atom. The van der Waals surface area contributed by atoms with Crippen molar-refractivity contribution in [1.29, 1.82) is 0 Å². The van der Waals surface area contributed by atoms with E-state index in [-0.39, 0.29) is 71.0 Å². The van der Waals surface area contributed by atoms with E-state index < -0.39 is 5.41 Å². The molecule has 0 atom stereocenters. The molecule has 9 nitrogen and oxygen atoms in total. The smallest absolute Gasteiger partial charge is 0.164 e. The van der Waals surface area contributed by atoms with Crippen LogP contribution in [0.2, 0.25) is 0 Å². The quantitative estimate of drug-likeness (QED) is 0.237. The van der Waals surface area contributed by atoms with Crippen molar-refractivity contribution in [2.75, 3.05) is 19.6 Å². The molecule has 3 N–H and O–H groups in total. The van der Waals surface area contributed by atoms with Crippen molar-refractivity contribution in [2.45, 2.75) is 48.5 Å². The van der Waals surface area contributed by atoms with Crippen molar-refractivity contribution in [3.05, 3.63) is 34.0 Å². The first kappa shape index (κ1) is 28.6. The molecule has 176 valence electrons. The minimum absolute atomic E-state index is 0.0785. The monoisotopic (exact) mass is 447 g/mol. The van der Waals surface area contributed by atoms with Gasteiger partial charge in [-0.3, -0.25) is 29.4 Å². The molecule has 0 bridgehead atoms. The maximum absolute atomic E-state index is 11.6. The number of carbonyl (C=O) groups excluding carboxylic acids is 3. The second-order valence-electron chi connectivity index (χ2n) is 7.89. The Morgan fingerprint density at radius 1 is 0.594 bits per heavy atom. The fraction of sp³-hybridized carbons (Fsp3) is 0.478. The Morgan fingerprint density at radius 2 is 0.812 bits per heavy atom. The summed E-state index contributed by atoms with van der Waals surface area (Å²) in [7, 11) is 0. The van der Waals surface area contributed by atoms with Gasteiger partial charge in [0.15, 0.2) is 17.3 Å². The third-order valence-corrected chi connectivity index (χ3v) is 4.39. The van der Waals surface area contributed by atoms with Crippen LogP contribution in [0.5, 0.6) is 0 Å². The number of Topliss-reactive ketones (excluding diaryl/α,β-unsaturated/α-hetero) is 3. The Balaban J connectivity index is 5.86. The SMILES string of the molecule is CC(=O)C(C=NCC(C)(CN=CC(C(C)=O)=C(C)O)CN=CC(C(C)=O)=C(C)O)=C(C)O. The molecule has 0 saturated carbocycles. The van der Waals surface area contributed by atoms with Gasteiger partial charge in [-0.2, -0.15) is 0 Å². The van der Waals surface area contributed by atoms with Crippen LogP contribution in [0.4, 0.5) is 0 Å². The molecular formula is C23H33N3O6. The molecule has 0 aromatic carbocycles. The number of ketones is 3. The van der Waals surface area contributed by atoms with E-state index in [4.69, 9.17) is 0 Å². The maximum atomic E-state index is 11.6. The molecule has 0 amide bonds. The largest absolute Gasteiger partial charge is 0.512 e. The molecule has 0 aliphatic heterocycles. The molecule has 0 aromatic rings. The highest BCUT2D eigenvalue weighted by Gasteiger charge is 2.24. The van der Waals surface area contributed by atoms with Crippen LogP contribution < -0.4 is 0 Å². The minimum atomic E-state index is -0.703. The molecule has 9 heteroatoms. The Labute approximate surface area is 188 Å². The van der Waals surface area contributed by atoms with Gasteiger partial charge >= 0.3 is 0 Å². The first-order valence-corrected chi connectivity index (χ1v) is 9.93. The lowest BCUT2D eigenvalue weighted by Crippen LogP contribution is -2.28. The summed E-state index contributed by atoms with van der Waals surface area (Å²) in [4.78, 5) is 47.6. The number of nitrogens with zero attached hydrogens (tertiary/aromatic N) is 3. The van der Waals surface area contributed by atoms with Crippen LogP contribution in [0, 0.1) is 5.41 Å². The van der Waals surface area contributed by atoms with E-state index >= 15 is 0 Å². The van der Waals surface area contributed by atoms with Gasteiger partial charge in [0.2, 0.25) is 0 Å². The zero-order valence-corrected chi connectivity index (χ0v) is 19.8. The van der Waals surface area contributed by atoms with Gasteiger partial charge in [0.05, 0.1) is 16.7 Å². The van der Waals surface area contributed by atoms with Crippen LogP contribution in [0.15, 0.2) is 49.0 Å². The predicted octanol–water partition coefficient (Wildman–Crippen LogP) is 3.47. The number of aliphatic hydroxyl groups excluding tert-OH is 3. The van der Waals surface area contributed by atoms with Crippen molar-refractivity contribution in [2.24, 2.45) is 20.4 Å². The molecule has 0 saturated heterocycles. The number of hydrogen-bond acceptors (Lipinski definition) is 9. The van der Waals surface area contributed by atoms with Crippen LogP contribution >= 0.6 is 0 Å². The maximum Gasteiger partial charge on any atom is 0.164 e. The second-order valence-corrected chi connectivity index (χ2v) is 7.89. The molecule has 0 rings (SSSR count). The third kappa shape index (κ3) is 10.1. The van der Waals surface area contributed by atoms with Crippen LogP contribution in [0.25, 0.3) is 0 Å². The molecule has 0 spiro atoms. The lowest BCUT2D eigenvalue weighted by Gasteiger charge is -2.23. The van der Waals surface area contributed by atoms with Crippen LogP contribution in [-0.4, -0.2) is 70.9 Å². The van der Waals surface area contributed by atoms with E-state index in [2.05, 4.69) is 15.0 Å². The predicted molar refractivity (Wildman–Crippen MR) is 126 cm³/mol. The molecule has 0 aliphatic carbocycles. The average molecular weight is 448 g/mol. The number of carbonyl (C=O) groups is 3. The van der Waals surface area contributed by atoms with Crippen LogP contribution in [-0.2, 0) is 14.4 Å². The van der Waals surface area contributed by atoms with Crippen LogP contribution in [0.3, 0.4) is 0 Å². The van der Waals surface area contributed by atoms with E-state index in [1.165, 1.54) is 60.2 Å². The molecule has 32 heavy (non-hydrogen) atoms. The fourth-order valence-corrected chi connectivity index (χ4v) is 2.54. The van der Waals surface area contributed by atoms with Crippen molar-refractivity contribution >= 4 is 36.0 Å². The average Bonchev–Trinajstić information content (AvgIpc) is 2.64. The van der Waals surface area contributed by atoms with Crippen molar-refractivity contribution in [1.82, 2.24) is 0 Å². The first-order valence-electron chi connectivity index (χ1n) is 9.93. The van der Waals surface area contributed by atoms with Gasteiger partial charge < -0.3 is 15.3 Å². The summed E-state index contributed by atoms with van der Waals surface area (Å²) in [6.07, 6.45) is 3.84. The summed E-state index contributed by atoms with van der Waals surface area (Å²) in [5.41, 5.74) is -0.468. The molecular weight excluding hydrogens is 414 g/mol. The van der Waals surface area contributed by atoms with Gasteiger partial charge in [-0.05, 0) is 41.5 Å². The summed E-state index contributed by atoms with van der Waals surface area (Å²) in [6.45, 7) is 10.4. The van der Waals surface area contributed by atoms with Gasteiger partial charge in [-0.25, -0.2) is 0 Å². The molecule has 0 radical (unpaired) electrons. The summed E-state index contributed by atoms with van der Waals surface area (Å²) in [5, 5.41) is 28.9. The van der Waals surface area contributed by atoms with Crippen molar-refractivity contribution in [3.8, 4) is 0 Å². The lowest BCUT2D eigenvalue weighted by molar-refractivity contribution is -0.114. The normalized spacial score (nSPS) is 16.6. The van der Waals surface area contributed by atoms with Gasteiger partial charge in [0.25, 0.3) is 0 Å². The zero-order valence-electron chi connectivity index (χ0n) is 19.8. The summed E-state index contributed by atoms with van der Waals surface area (Å²) in [5.74, 6) is -1.46. The summed E-state index contributed by atoms with van der Waals surface area (Å²) < 4.78 is 0. The van der Waals surface area contributed by atoms with Gasteiger partial charge in [0.1, 0.15) is 17.3 Å². The Hall–Kier alpha value is -3.36. The number of aliphatic hydroxyl groups is 3. The molecule has 0 fully saturated rings. The minimum Gasteiger partial charge on any atom is -0.512 e. The molecule has 0 aromatic heterocycles. The topological polar surface area (TPSA) is 149 Å². The fourth-order valence-electron chi connectivity index (χ4n) is 2.54. The highest BCUT2D eigenvalue weighted by atomic mass is 16.3. The summed E-state index contributed by atoms with van der Waals surface area (Å²) in [6, 6.07) is 0. The third-order valence-electron chi connectivity index (χ3n) is 4.39. The van der Waals surface area contributed by atoms with Crippen molar-refractivity contribution < 1.29 is 29.7 Å². The Bertz CT molecular complexity index is 791. The second kappa shape index (κ2) is 13.1. The molecule has 0 heterocycles. The van der Waals surface area contributed by atoms with Gasteiger partial charge in [0, 0.05) is 43.7 Å². The lowest BCUT2D eigenvalue weighted by atomic mass is 9.90. The van der Waals surface area contributed by atoms with E-state index in [0.717, 1.165) is 0 Å². The first-order chi connectivity index (χ1) is 14.7. The highest BCUT2D eigenvalue weighted by molar-refractivity contribution is 6.13. The molecule has 0 unspecified atom stereocenters. The van der Waals surface area contributed by atoms with Crippen molar-refractivity contribution in [3.63, 3.8) is 0 Å². The number of hydrogen-bond donors (Lipinski definition) is 3. The van der Waals surface area contributed by atoms with E-state index in [1.54, 1.807) is 0 Å². The zero-order chi connectivity index (χ0) is 25.1. The molecule has 0 aliphatic rings. The number of aliphatic imine (C=N–C) groups is 3. The summed E-state index contributed by atoms with van der Waals surface area (Å²) >= 11 is 0.